The zero-order valence-electron chi connectivity index (χ0n) is 10.7. The van der Waals surface area contributed by atoms with Crippen LogP contribution in [0.25, 0.3) is 0 Å². The second-order valence-electron chi connectivity index (χ2n) is 4.98. The Morgan fingerprint density at radius 2 is 1.94 bits per heavy atom. The van der Waals surface area contributed by atoms with E-state index in [0.29, 0.717) is 12.0 Å². The van der Waals surface area contributed by atoms with Crippen molar-refractivity contribution < 1.29 is 4.39 Å². The second-order valence-corrected chi connectivity index (χ2v) is 4.98. The molecule has 1 aromatic carbocycles. The van der Waals surface area contributed by atoms with Crippen molar-refractivity contribution in [3.63, 3.8) is 0 Å². The molecule has 2 heteroatoms. The first kappa shape index (κ1) is 13.2. The molecule has 0 aliphatic heterocycles. The van der Waals surface area contributed by atoms with Gasteiger partial charge in [-0.15, -0.1) is 0 Å². The van der Waals surface area contributed by atoms with Crippen molar-refractivity contribution in [3.8, 4) is 0 Å². The van der Waals surface area contributed by atoms with Gasteiger partial charge in [0.1, 0.15) is 5.82 Å². The normalized spacial score (nSPS) is 13.1. The lowest BCUT2D eigenvalue weighted by Gasteiger charge is -2.16. The molecule has 0 heterocycles. The lowest BCUT2D eigenvalue weighted by molar-refractivity contribution is 0.440. The van der Waals surface area contributed by atoms with Gasteiger partial charge in [0.15, 0.2) is 0 Å². The predicted octanol–water partition coefficient (Wildman–Crippen LogP) is 3.66. The van der Waals surface area contributed by atoms with Crippen molar-refractivity contribution in [2.75, 3.05) is 0 Å². The second kappa shape index (κ2) is 6.00. The monoisotopic (exact) mass is 223 g/mol. The topological polar surface area (TPSA) is 12.0 Å². The van der Waals surface area contributed by atoms with Gasteiger partial charge in [-0.25, -0.2) is 4.39 Å². The summed E-state index contributed by atoms with van der Waals surface area (Å²) in [7, 11) is 0. The van der Waals surface area contributed by atoms with Crippen molar-refractivity contribution in [2.45, 2.75) is 46.7 Å². The molecule has 1 atom stereocenters. The van der Waals surface area contributed by atoms with Crippen LogP contribution in [0.5, 0.6) is 0 Å². The van der Waals surface area contributed by atoms with Crippen LogP contribution < -0.4 is 5.32 Å². The summed E-state index contributed by atoms with van der Waals surface area (Å²) in [6.07, 6.45) is 1.15. The van der Waals surface area contributed by atoms with Gasteiger partial charge >= 0.3 is 0 Å². The maximum absolute atomic E-state index is 13.1. The van der Waals surface area contributed by atoms with E-state index >= 15 is 0 Å². The van der Waals surface area contributed by atoms with Crippen molar-refractivity contribution in [3.05, 3.63) is 35.1 Å². The highest BCUT2D eigenvalue weighted by Gasteiger charge is 2.06. The number of hydrogen-bond donors (Lipinski definition) is 1. The number of aryl methyl sites for hydroxylation is 1. The van der Waals surface area contributed by atoms with E-state index in [2.05, 4.69) is 26.1 Å². The van der Waals surface area contributed by atoms with Crippen LogP contribution in [0.2, 0.25) is 0 Å². The molecular weight excluding hydrogens is 201 g/mol. The van der Waals surface area contributed by atoms with Gasteiger partial charge in [0, 0.05) is 12.6 Å². The minimum Gasteiger partial charge on any atom is -0.310 e. The number of nitrogens with one attached hydrogen (secondary N) is 1. The summed E-state index contributed by atoms with van der Waals surface area (Å²) in [5.74, 6) is 0.537. The predicted molar refractivity (Wildman–Crippen MR) is 66.9 cm³/mol. The van der Waals surface area contributed by atoms with Gasteiger partial charge in [0.25, 0.3) is 0 Å². The van der Waals surface area contributed by atoms with Gasteiger partial charge in [-0.3, -0.25) is 0 Å². The van der Waals surface area contributed by atoms with Gasteiger partial charge in [-0.1, -0.05) is 19.9 Å². The summed E-state index contributed by atoms with van der Waals surface area (Å²) in [5, 5.41) is 3.43. The van der Waals surface area contributed by atoms with Crippen LogP contribution in [-0.4, -0.2) is 6.04 Å². The highest BCUT2D eigenvalue weighted by atomic mass is 19.1. The molecule has 1 N–H and O–H groups in total. The minimum absolute atomic E-state index is 0.154. The molecule has 1 aromatic rings. The zero-order chi connectivity index (χ0) is 12.1. The maximum Gasteiger partial charge on any atom is 0.123 e. The summed E-state index contributed by atoms with van der Waals surface area (Å²) in [6.45, 7) is 9.37. The molecule has 1 nitrogen and oxygen atoms in total. The number of benzene rings is 1. The fourth-order valence-electron chi connectivity index (χ4n) is 1.91. The first-order valence-electron chi connectivity index (χ1n) is 5.97. The van der Waals surface area contributed by atoms with E-state index in [1.807, 2.05) is 13.0 Å². The first-order chi connectivity index (χ1) is 7.49. The van der Waals surface area contributed by atoms with E-state index in [0.717, 1.165) is 24.1 Å². The summed E-state index contributed by atoms with van der Waals surface area (Å²) >= 11 is 0. The van der Waals surface area contributed by atoms with E-state index in [1.54, 1.807) is 6.07 Å². The van der Waals surface area contributed by atoms with Gasteiger partial charge in [0.05, 0.1) is 0 Å². The Balaban J connectivity index is 2.51. The van der Waals surface area contributed by atoms with Crippen molar-refractivity contribution in [1.82, 2.24) is 5.32 Å². The fourth-order valence-corrected chi connectivity index (χ4v) is 1.91. The third kappa shape index (κ3) is 4.31. The fraction of sp³-hybridized carbons (Fsp3) is 0.571. The van der Waals surface area contributed by atoms with Gasteiger partial charge in [-0.2, -0.15) is 0 Å². The molecule has 0 saturated carbocycles. The van der Waals surface area contributed by atoms with Crippen LogP contribution in [0.3, 0.4) is 0 Å². The third-order valence-electron chi connectivity index (χ3n) is 2.78. The van der Waals surface area contributed by atoms with Crippen LogP contribution in [0.15, 0.2) is 18.2 Å². The van der Waals surface area contributed by atoms with Crippen LogP contribution in [0.4, 0.5) is 4.39 Å². The molecule has 1 unspecified atom stereocenters. The summed E-state index contributed by atoms with van der Waals surface area (Å²) in [5.41, 5.74) is 2.20. The Morgan fingerprint density at radius 3 is 2.56 bits per heavy atom. The molecule has 0 radical (unpaired) electrons. The summed E-state index contributed by atoms with van der Waals surface area (Å²) in [6, 6.07) is 5.43. The summed E-state index contributed by atoms with van der Waals surface area (Å²) < 4.78 is 13.1. The Labute approximate surface area is 98.1 Å². The summed E-state index contributed by atoms with van der Waals surface area (Å²) in [4.78, 5) is 0. The average molecular weight is 223 g/mol. The molecule has 0 aliphatic carbocycles. The zero-order valence-corrected chi connectivity index (χ0v) is 10.7. The van der Waals surface area contributed by atoms with Gasteiger partial charge < -0.3 is 5.32 Å². The number of rotatable bonds is 5. The van der Waals surface area contributed by atoms with Crippen molar-refractivity contribution in [1.29, 1.82) is 0 Å². The molecule has 1 rings (SSSR count). The molecule has 0 spiro atoms. The number of halogens is 1. The molecule has 0 fully saturated rings. The SMILES string of the molecule is Cc1ccc(F)cc1CNC(C)CC(C)C. The Morgan fingerprint density at radius 1 is 1.25 bits per heavy atom. The minimum atomic E-state index is -0.154. The van der Waals surface area contributed by atoms with Crippen LogP contribution >= 0.6 is 0 Å². The maximum atomic E-state index is 13.1. The van der Waals surface area contributed by atoms with Gasteiger partial charge in [-0.05, 0) is 49.4 Å². The lowest BCUT2D eigenvalue weighted by Crippen LogP contribution is -2.27. The van der Waals surface area contributed by atoms with E-state index in [1.165, 1.54) is 6.07 Å². The van der Waals surface area contributed by atoms with Gasteiger partial charge in [0.2, 0.25) is 0 Å². The van der Waals surface area contributed by atoms with E-state index in [-0.39, 0.29) is 5.82 Å². The smallest absolute Gasteiger partial charge is 0.123 e. The van der Waals surface area contributed by atoms with Crippen LogP contribution in [0, 0.1) is 18.7 Å². The van der Waals surface area contributed by atoms with Crippen molar-refractivity contribution >= 4 is 0 Å². The van der Waals surface area contributed by atoms with E-state index in [4.69, 9.17) is 0 Å². The molecule has 0 aromatic heterocycles. The molecule has 0 saturated heterocycles. The quantitative estimate of drug-likeness (QED) is 0.803. The van der Waals surface area contributed by atoms with Crippen LogP contribution in [0.1, 0.15) is 38.3 Å². The molecule has 90 valence electrons. The largest absolute Gasteiger partial charge is 0.310 e. The Kier molecular flexibility index (Phi) is 4.94. The van der Waals surface area contributed by atoms with Crippen LogP contribution in [-0.2, 0) is 6.54 Å². The highest BCUT2D eigenvalue weighted by Crippen LogP contribution is 2.11. The first-order valence-corrected chi connectivity index (χ1v) is 5.97. The molecule has 0 bridgehead atoms. The molecule has 0 aliphatic rings. The van der Waals surface area contributed by atoms with Crippen molar-refractivity contribution in [2.24, 2.45) is 5.92 Å². The molecular formula is C14H22FN. The lowest BCUT2D eigenvalue weighted by atomic mass is 10.0. The average Bonchev–Trinajstić information content (AvgIpc) is 2.18. The molecule has 0 amide bonds. The van der Waals surface area contributed by atoms with E-state index in [9.17, 15) is 4.39 Å². The standard InChI is InChI=1S/C14H22FN/c1-10(2)7-12(4)16-9-13-8-14(15)6-5-11(13)3/h5-6,8,10,12,16H,7,9H2,1-4H3. The third-order valence-corrected chi connectivity index (χ3v) is 2.78. The molecule has 16 heavy (non-hydrogen) atoms. The number of hydrogen-bond acceptors (Lipinski definition) is 1. The van der Waals surface area contributed by atoms with E-state index < -0.39 is 0 Å². The Hall–Kier alpha value is -0.890. The highest BCUT2D eigenvalue weighted by molar-refractivity contribution is 5.26. The Bertz CT molecular complexity index is 334.